The predicted molar refractivity (Wildman–Crippen MR) is 95.4 cm³/mol. The van der Waals surface area contributed by atoms with Gasteiger partial charge in [-0.15, -0.1) is 0 Å². The highest BCUT2D eigenvalue weighted by Crippen LogP contribution is 2.37. The molecule has 0 N–H and O–H groups in total. The number of benzene rings is 1. The highest BCUT2D eigenvalue weighted by Gasteiger charge is 2.44. The first-order valence-corrected chi connectivity index (χ1v) is 10.3. The first-order chi connectivity index (χ1) is 9.87. The summed E-state index contributed by atoms with van der Waals surface area (Å²) in [6.07, 6.45) is 4.09. The molecule has 118 valence electrons. The van der Waals surface area contributed by atoms with Crippen molar-refractivity contribution >= 4 is 32.6 Å². The van der Waals surface area contributed by atoms with Gasteiger partial charge in [-0.05, 0) is 38.8 Å². The standard InChI is InChI=1S/C16H24INO2S/c1-4-5-6-16-15(17)11-13(3)18(16)21(19,20)14-9-7-12(2)8-10-14/h7-10,13,15-16H,4-6,11H2,1-3H3/t13-,15-,16+/m0/s1. The van der Waals surface area contributed by atoms with Gasteiger partial charge in [0.2, 0.25) is 10.0 Å². The lowest BCUT2D eigenvalue weighted by Gasteiger charge is -2.28. The molecule has 0 bridgehead atoms. The van der Waals surface area contributed by atoms with E-state index in [4.69, 9.17) is 0 Å². The molecule has 1 fully saturated rings. The van der Waals surface area contributed by atoms with E-state index >= 15 is 0 Å². The fourth-order valence-corrected chi connectivity index (χ4v) is 6.59. The summed E-state index contributed by atoms with van der Waals surface area (Å²) < 4.78 is 28.2. The monoisotopic (exact) mass is 421 g/mol. The van der Waals surface area contributed by atoms with Gasteiger partial charge in [-0.25, -0.2) is 8.42 Å². The van der Waals surface area contributed by atoms with Crippen molar-refractivity contribution in [2.24, 2.45) is 0 Å². The summed E-state index contributed by atoms with van der Waals surface area (Å²) in [5.41, 5.74) is 1.08. The van der Waals surface area contributed by atoms with Crippen LogP contribution >= 0.6 is 22.6 Å². The number of hydrogen-bond donors (Lipinski definition) is 0. The van der Waals surface area contributed by atoms with Gasteiger partial charge in [0.15, 0.2) is 0 Å². The van der Waals surface area contributed by atoms with Crippen LogP contribution in [0.5, 0.6) is 0 Å². The molecular formula is C16H24INO2S. The lowest BCUT2D eigenvalue weighted by Crippen LogP contribution is -2.41. The van der Waals surface area contributed by atoms with Gasteiger partial charge in [0.25, 0.3) is 0 Å². The van der Waals surface area contributed by atoms with Crippen LogP contribution in [0, 0.1) is 6.92 Å². The van der Waals surface area contributed by atoms with Gasteiger partial charge in [0.05, 0.1) is 4.90 Å². The van der Waals surface area contributed by atoms with Crippen molar-refractivity contribution in [3.8, 4) is 0 Å². The zero-order valence-corrected chi connectivity index (χ0v) is 15.9. The number of rotatable bonds is 5. The van der Waals surface area contributed by atoms with Gasteiger partial charge in [-0.1, -0.05) is 60.1 Å². The third kappa shape index (κ3) is 3.62. The third-order valence-corrected chi connectivity index (χ3v) is 7.59. The lowest BCUT2D eigenvalue weighted by molar-refractivity contribution is 0.320. The maximum atomic E-state index is 13.0. The molecular weight excluding hydrogens is 397 g/mol. The molecule has 5 heteroatoms. The molecule has 1 heterocycles. The minimum atomic E-state index is -3.39. The molecule has 3 atom stereocenters. The Hall–Kier alpha value is -0.140. The zero-order valence-electron chi connectivity index (χ0n) is 12.9. The molecule has 0 unspecified atom stereocenters. The van der Waals surface area contributed by atoms with E-state index in [0.29, 0.717) is 8.82 Å². The smallest absolute Gasteiger partial charge is 0.207 e. The second-order valence-electron chi connectivity index (χ2n) is 5.96. The predicted octanol–water partition coefficient (Wildman–Crippen LogP) is 4.14. The SMILES string of the molecule is CCCC[C@@H]1[C@@H](I)C[C@H](C)N1S(=O)(=O)c1ccc(C)cc1. The van der Waals surface area contributed by atoms with Crippen LogP contribution < -0.4 is 0 Å². The van der Waals surface area contributed by atoms with E-state index in [1.165, 1.54) is 0 Å². The van der Waals surface area contributed by atoms with Gasteiger partial charge >= 0.3 is 0 Å². The molecule has 1 aliphatic heterocycles. The molecule has 1 aliphatic rings. The van der Waals surface area contributed by atoms with Gasteiger partial charge in [-0.3, -0.25) is 0 Å². The maximum Gasteiger partial charge on any atom is 0.243 e. The minimum Gasteiger partial charge on any atom is -0.207 e. The Labute approximate surface area is 142 Å². The summed E-state index contributed by atoms with van der Waals surface area (Å²) in [5.74, 6) is 0. The van der Waals surface area contributed by atoms with Crippen LogP contribution in [0.4, 0.5) is 0 Å². The van der Waals surface area contributed by atoms with Crippen LogP contribution in [0.15, 0.2) is 29.2 Å². The van der Waals surface area contributed by atoms with Gasteiger partial charge in [-0.2, -0.15) is 4.31 Å². The van der Waals surface area contributed by atoms with Crippen LogP contribution in [0.2, 0.25) is 0 Å². The molecule has 1 aromatic carbocycles. The molecule has 0 aliphatic carbocycles. The van der Waals surface area contributed by atoms with Crippen molar-refractivity contribution in [3.05, 3.63) is 29.8 Å². The van der Waals surface area contributed by atoms with E-state index in [-0.39, 0.29) is 12.1 Å². The molecule has 0 aromatic heterocycles. The average molecular weight is 421 g/mol. The average Bonchev–Trinajstić information content (AvgIpc) is 2.71. The summed E-state index contributed by atoms with van der Waals surface area (Å²) in [5, 5.41) is 0. The summed E-state index contributed by atoms with van der Waals surface area (Å²) in [7, 11) is -3.39. The second kappa shape index (κ2) is 6.96. The molecule has 0 saturated carbocycles. The van der Waals surface area contributed by atoms with E-state index in [2.05, 4.69) is 29.5 Å². The molecule has 0 amide bonds. The zero-order chi connectivity index (χ0) is 15.6. The number of alkyl halides is 1. The first kappa shape index (κ1) is 17.2. The molecule has 21 heavy (non-hydrogen) atoms. The molecule has 3 nitrogen and oxygen atoms in total. The number of hydrogen-bond acceptors (Lipinski definition) is 2. The highest BCUT2D eigenvalue weighted by atomic mass is 127. The Kier molecular flexibility index (Phi) is 5.71. The first-order valence-electron chi connectivity index (χ1n) is 7.62. The highest BCUT2D eigenvalue weighted by molar-refractivity contribution is 14.1. The molecule has 1 saturated heterocycles. The Morgan fingerprint density at radius 2 is 1.90 bits per heavy atom. The van der Waals surface area contributed by atoms with E-state index < -0.39 is 10.0 Å². The van der Waals surface area contributed by atoms with Gasteiger partial charge < -0.3 is 0 Å². The number of unbranched alkanes of at least 4 members (excludes halogenated alkanes) is 1. The molecule has 2 rings (SSSR count). The third-order valence-electron chi connectivity index (χ3n) is 4.19. The fourth-order valence-electron chi connectivity index (χ4n) is 3.04. The quantitative estimate of drug-likeness (QED) is 0.530. The van der Waals surface area contributed by atoms with Crippen LogP contribution in [0.25, 0.3) is 0 Å². The van der Waals surface area contributed by atoms with Crippen molar-refractivity contribution in [1.82, 2.24) is 4.31 Å². The van der Waals surface area contributed by atoms with E-state index in [9.17, 15) is 8.42 Å². The van der Waals surface area contributed by atoms with Crippen molar-refractivity contribution in [1.29, 1.82) is 0 Å². The van der Waals surface area contributed by atoms with E-state index in [1.54, 1.807) is 16.4 Å². The second-order valence-corrected chi connectivity index (χ2v) is 9.40. The van der Waals surface area contributed by atoms with Crippen LogP contribution in [-0.2, 0) is 10.0 Å². The van der Waals surface area contributed by atoms with Crippen LogP contribution in [-0.4, -0.2) is 28.7 Å². The van der Waals surface area contributed by atoms with Crippen LogP contribution in [0.1, 0.15) is 45.1 Å². The topological polar surface area (TPSA) is 37.4 Å². The summed E-state index contributed by atoms with van der Waals surface area (Å²) in [4.78, 5) is 0.423. The van der Waals surface area contributed by atoms with Crippen LogP contribution in [0.3, 0.4) is 0 Å². The molecule has 1 aromatic rings. The Balaban J connectivity index is 2.33. The van der Waals surface area contributed by atoms with Crippen molar-refractivity contribution in [2.45, 2.75) is 67.4 Å². The summed E-state index contributed by atoms with van der Waals surface area (Å²) >= 11 is 2.42. The fraction of sp³-hybridized carbons (Fsp3) is 0.625. The van der Waals surface area contributed by atoms with Crippen molar-refractivity contribution in [2.75, 3.05) is 0 Å². The van der Waals surface area contributed by atoms with E-state index in [1.807, 2.05) is 26.0 Å². The lowest BCUT2D eigenvalue weighted by atomic mass is 10.1. The Bertz CT molecular complexity index is 570. The summed E-state index contributed by atoms with van der Waals surface area (Å²) in [6, 6.07) is 7.42. The minimum absolute atomic E-state index is 0.0834. The van der Waals surface area contributed by atoms with Crippen molar-refractivity contribution < 1.29 is 8.42 Å². The van der Waals surface area contributed by atoms with Gasteiger partial charge in [0.1, 0.15) is 0 Å². The largest absolute Gasteiger partial charge is 0.243 e. The number of aryl methyl sites for hydroxylation is 1. The number of sulfonamides is 1. The van der Waals surface area contributed by atoms with Crippen molar-refractivity contribution in [3.63, 3.8) is 0 Å². The number of nitrogens with zero attached hydrogens (tertiary/aromatic N) is 1. The van der Waals surface area contributed by atoms with Gasteiger partial charge in [0, 0.05) is 16.0 Å². The Morgan fingerprint density at radius 1 is 1.29 bits per heavy atom. The normalized spacial score (nSPS) is 27.1. The maximum absolute atomic E-state index is 13.0. The summed E-state index contributed by atoms with van der Waals surface area (Å²) in [6.45, 7) is 6.16. The molecule has 0 radical (unpaired) electrons. The number of halogens is 1. The Morgan fingerprint density at radius 3 is 2.48 bits per heavy atom. The van der Waals surface area contributed by atoms with E-state index in [0.717, 1.165) is 31.2 Å². The molecule has 0 spiro atoms.